The Morgan fingerprint density at radius 1 is 1.13 bits per heavy atom. The third-order valence-electron chi connectivity index (χ3n) is 6.73. The lowest BCUT2D eigenvalue weighted by Gasteiger charge is -2.42. The molecule has 2 aliphatic heterocycles. The largest absolute Gasteiger partial charge is 0.478 e. The maximum absolute atomic E-state index is 13.8. The van der Waals surface area contributed by atoms with E-state index in [1.54, 1.807) is 6.07 Å². The number of halogens is 2. The van der Waals surface area contributed by atoms with Crippen molar-refractivity contribution >= 4 is 45.0 Å². The van der Waals surface area contributed by atoms with Gasteiger partial charge < -0.3 is 5.11 Å². The van der Waals surface area contributed by atoms with Crippen LogP contribution in [0.5, 0.6) is 0 Å². The van der Waals surface area contributed by atoms with Crippen LogP contribution in [0.15, 0.2) is 41.3 Å². The Hall–Kier alpha value is -1.77. The summed E-state index contributed by atoms with van der Waals surface area (Å²) in [5.41, 5.74) is 0.589. The van der Waals surface area contributed by atoms with E-state index >= 15 is 0 Å². The topological polar surface area (TPSA) is 74.7 Å². The van der Waals surface area contributed by atoms with Gasteiger partial charge in [0.1, 0.15) is 5.82 Å². The molecule has 0 amide bonds. The fraction of sp³-hybridized carbons (Fsp3) is 0.409. The van der Waals surface area contributed by atoms with Gasteiger partial charge >= 0.3 is 5.97 Å². The lowest BCUT2D eigenvalue weighted by molar-refractivity contribution is 0.0697. The fourth-order valence-corrected chi connectivity index (χ4v) is 8.69. The number of carboxylic acids is 1. The van der Waals surface area contributed by atoms with Crippen molar-refractivity contribution in [3.05, 3.63) is 58.4 Å². The number of nitrogens with zero attached hydrogens (tertiary/aromatic N) is 1. The van der Waals surface area contributed by atoms with Crippen LogP contribution in [-0.2, 0) is 15.4 Å². The zero-order valence-electron chi connectivity index (χ0n) is 16.6. The Bertz CT molecular complexity index is 1160. The summed E-state index contributed by atoms with van der Waals surface area (Å²) < 4.78 is 42.6. The second kappa shape index (κ2) is 7.39. The van der Waals surface area contributed by atoms with Gasteiger partial charge in [0.2, 0.25) is 0 Å². The number of fused-ring (bicyclic) bond motifs is 2. The van der Waals surface area contributed by atoms with E-state index in [4.69, 9.17) is 11.6 Å². The van der Waals surface area contributed by atoms with Gasteiger partial charge in [0, 0.05) is 11.0 Å². The van der Waals surface area contributed by atoms with Crippen LogP contribution < -0.4 is 4.31 Å². The zero-order chi connectivity index (χ0) is 22.0. The fourth-order valence-electron chi connectivity index (χ4n) is 5.25. The van der Waals surface area contributed by atoms with Crippen molar-refractivity contribution < 1.29 is 22.7 Å². The molecule has 2 aromatic carbocycles. The van der Waals surface area contributed by atoms with Crippen LogP contribution in [0.1, 0.15) is 41.6 Å². The third kappa shape index (κ3) is 3.17. The zero-order valence-corrected chi connectivity index (χ0v) is 18.9. The lowest BCUT2D eigenvalue weighted by Crippen LogP contribution is -2.50. The van der Waals surface area contributed by atoms with E-state index < -0.39 is 27.2 Å². The van der Waals surface area contributed by atoms with Gasteiger partial charge in [-0.15, -0.1) is 0 Å². The average Bonchev–Trinajstić information content (AvgIpc) is 3.53. The van der Waals surface area contributed by atoms with Crippen molar-refractivity contribution in [3.8, 4) is 0 Å². The number of carboxylic acid groups (broad SMARTS) is 1. The Morgan fingerprint density at radius 3 is 2.35 bits per heavy atom. The van der Waals surface area contributed by atoms with Crippen molar-refractivity contribution in [2.45, 2.75) is 42.0 Å². The summed E-state index contributed by atoms with van der Waals surface area (Å²) in [4.78, 5) is 11.8. The summed E-state index contributed by atoms with van der Waals surface area (Å²) in [5.74, 6) is 0.280. The van der Waals surface area contributed by atoms with Crippen molar-refractivity contribution in [1.82, 2.24) is 0 Å². The van der Waals surface area contributed by atoms with Crippen LogP contribution in [0.25, 0.3) is 0 Å². The number of benzene rings is 2. The van der Waals surface area contributed by atoms with Crippen molar-refractivity contribution in [2.24, 2.45) is 5.92 Å². The van der Waals surface area contributed by atoms with Crippen LogP contribution in [0.2, 0.25) is 5.02 Å². The number of rotatable bonds is 4. The molecule has 2 heterocycles. The second-order valence-corrected chi connectivity index (χ2v) is 11.8. The molecule has 1 saturated carbocycles. The highest BCUT2D eigenvalue weighted by Crippen LogP contribution is 2.61. The van der Waals surface area contributed by atoms with Crippen LogP contribution in [0, 0.1) is 11.7 Å². The van der Waals surface area contributed by atoms with Crippen molar-refractivity contribution in [2.75, 3.05) is 15.8 Å². The molecule has 3 aliphatic rings. The molecule has 2 fully saturated rings. The van der Waals surface area contributed by atoms with E-state index in [0.29, 0.717) is 11.3 Å². The SMILES string of the molecule is O=C(O)c1ccc2c(c1Cl)C1(CCSCC1)C(C1CC1)N2S(=O)(=O)c1ccc(F)cc1. The van der Waals surface area contributed by atoms with Crippen molar-refractivity contribution in [3.63, 3.8) is 0 Å². The number of hydrogen-bond donors (Lipinski definition) is 1. The number of sulfonamides is 1. The maximum Gasteiger partial charge on any atom is 0.337 e. The number of carbonyl (C=O) groups is 1. The van der Waals surface area contributed by atoms with Gasteiger partial charge in [0.15, 0.2) is 0 Å². The average molecular weight is 482 g/mol. The van der Waals surface area contributed by atoms with E-state index in [0.717, 1.165) is 49.3 Å². The molecule has 0 bridgehead atoms. The first kappa shape index (κ1) is 21.1. The normalized spacial score (nSPS) is 22.5. The Morgan fingerprint density at radius 2 is 1.77 bits per heavy atom. The summed E-state index contributed by atoms with van der Waals surface area (Å²) in [6.07, 6.45) is 3.33. The lowest BCUT2D eigenvalue weighted by atomic mass is 9.70. The highest BCUT2D eigenvalue weighted by molar-refractivity contribution is 7.99. The van der Waals surface area contributed by atoms with Gasteiger partial charge in [-0.25, -0.2) is 17.6 Å². The molecule has 5 rings (SSSR count). The predicted molar refractivity (Wildman–Crippen MR) is 119 cm³/mol. The van der Waals surface area contributed by atoms with Crippen LogP contribution in [0.3, 0.4) is 0 Å². The molecule has 9 heteroatoms. The van der Waals surface area contributed by atoms with E-state index in [9.17, 15) is 22.7 Å². The molecule has 2 aromatic rings. The molecule has 31 heavy (non-hydrogen) atoms. The number of aromatic carboxylic acids is 1. The van der Waals surface area contributed by atoms with E-state index in [1.807, 2.05) is 11.8 Å². The summed E-state index contributed by atoms with van der Waals surface area (Å²) in [6.45, 7) is 0. The van der Waals surface area contributed by atoms with Crippen molar-refractivity contribution in [1.29, 1.82) is 0 Å². The molecular formula is C22H21ClFNO4S2. The summed E-state index contributed by atoms with van der Waals surface area (Å²) in [7, 11) is -3.99. The monoisotopic (exact) mass is 481 g/mol. The smallest absolute Gasteiger partial charge is 0.337 e. The van der Waals surface area contributed by atoms with Gasteiger partial charge in [-0.1, -0.05) is 11.6 Å². The van der Waals surface area contributed by atoms with E-state index in [1.165, 1.54) is 22.5 Å². The molecule has 1 atom stereocenters. The highest BCUT2D eigenvalue weighted by Gasteiger charge is 2.60. The molecule has 1 spiro atoms. The minimum absolute atomic E-state index is 0.00593. The molecule has 0 radical (unpaired) electrons. The highest BCUT2D eigenvalue weighted by atomic mass is 35.5. The first-order chi connectivity index (χ1) is 14.8. The van der Waals surface area contributed by atoms with Crippen LogP contribution in [0.4, 0.5) is 10.1 Å². The minimum atomic E-state index is -3.99. The van der Waals surface area contributed by atoms with E-state index in [-0.39, 0.29) is 27.4 Å². The molecule has 5 nitrogen and oxygen atoms in total. The van der Waals surface area contributed by atoms with Crippen LogP contribution >= 0.6 is 23.4 Å². The van der Waals surface area contributed by atoms with Gasteiger partial charge in [-0.3, -0.25) is 4.31 Å². The molecule has 1 N–H and O–H groups in total. The number of anilines is 1. The van der Waals surface area contributed by atoms with Gasteiger partial charge in [-0.2, -0.15) is 11.8 Å². The van der Waals surface area contributed by atoms with Crippen LogP contribution in [-0.4, -0.2) is 37.0 Å². The standard InChI is InChI=1S/C22H21ClFNO4S2/c23-19-16(21(26)27)7-8-17-18(19)22(9-11-30-12-10-22)20(13-1-2-13)25(17)31(28,29)15-5-3-14(24)4-6-15/h3-8,13,20H,1-2,9-12H2,(H,26,27). The summed E-state index contributed by atoms with van der Waals surface area (Å²) >= 11 is 8.50. The Kier molecular flexibility index (Phi) is 5.03. The summed E-state index contributed by atoms with van der Waals surface area (Å²) in [6, 6.07) is 7.49. The quantitative estimate of drug-likeness (QED) is 0.670. The first-order valence-corrected chi connectivity index (χ1v) is 13.2. The molecule has 1 unspecified atom stereocenters. The number of thioether (sulfide) groups is 1. The van der Waals surface area contributed by atoms with E-state index in [2.05, 4.69) is 0 Å². The summed E-state index contributed by atoms with van der Waals surface area (Å²) in [5, 5.41) is 9.78. The van der Waals surface area contributed by atoms with Gasteiger partial charge in [0.05, 0.1) is 27.2 Å². The minimum Gasteiger partial charge on any atom is -0.478 e. The molecule has 1 saturated heterocycles. The molecule has 0 aromatic heterocycles. The van der Waals surface area contributed by atoms with Gasteiger partial charge in [0.25, 0.3) is 10.0 Å². The third-order valence-corrected chi connectivity index (χ3v) is 9.92. The maximum atomic E-state index is 13.8. The first-order valence-electron chi connectivity index (χ1n) is 10.2. The Balaban J connectivity index is 1.77. The molecular weight excluding hydrogens is 461 g/mol. The molecule has 164 valence electrons. The molecule has 1 aliphatic carbocycles. The van der Waals surface area contributed by atoms with Gasteiger partial charge in [-0.05, 0) is 79.5 Å². The number of hydrogen-bond acceptors (Lipinski definition) is 4. The Labute approximate surface area is 189 Å². The second-order valence-electron chi connectivity index (χ2n) is 8.43. The predicted octanol–water partition coefficient (Wildman–Crippen LogP) is 4.93.